The molecule has 6 nitrogen and oxygen atoms in total. The van der Waals surface area contributed by atoms with E-state index >= 15 is 0 Å². The summed E-state index contributed by atoms with van der Waals surface area (Å²) in [6.07, 6.45) is 0.631. The van der Waals surface area contributed by atoms with Gasteiger partial charge in [0.1, 0.15) is 12.4 Å². The zero-order chi connectivity index (χ0) is 22.2. The number of nitrogens with one attached hydrogen (secondary N) is 1. The molecule has 4 rings (SSSR count). The van der Waals surface area contributed by atoms with E-state index in [0.717, 1.165) is 26.5 Å². The predicted octanol–water partition coefficient (Wildman–Crippen LogP) is 4.39. The van der Waals surface area contributed by atoms with Crippen molar-refractivity contribution in [1.82, 2.24) is 10.3 Å². The number of fused-ring (bicyclic) bond motifs is 1. The van der Waals surface area contributed by atoms with Crippen molar-refractivity contribution >= 4 is 33.4 Å². The molecule has 0 spiro atoms. The van der Waals surface area contributed by atoms with Gasteiger partial charge in [-0.25, -0.2) is 9.78 Å². The van der Waals surface area contributed by atoms with Crippen LogP contribution < -0.4 is 10.1 Å². The van der Waals surface area contributed by atoms with Crippen LogP contribution in [0, 0.1) is 0 Å². The molecule has 0 aliphatic carbocycles. The van der Waals surface area contributed by atoms with Crippen LogP contribution in [-0.4, -0.2) is 30.0 Å². The SMILES string of the molecule is O=C(COC(=O)c1ccc(COc2ccccc2)cc1)NCCc1nc2ccccc2s1. The molecule has 0 bridgehead atoms. The summed E-state index contributed by atoms with van der Waals surface area (Å²) in [6, 6.07) is 24.4. The molecule has 1 N–H and O–H groups in total. The van der Waals surface area contributed by atoms with Crippen molar-refractivity contribution in [2.45, 2.75) is 13.0 Å². The number of rotatable bonds is 9. The van der Waals surface area contributed by atoms with Crippen molar-refractivity contribution in [1.29, 1.82) is 0 Å². The smallest absolute Gasteiger partial charge is 0.338 e. The zero-order valence-electron chi connectivity index (χ0n) is 17.3. The maximum atomic E-state index is 12.2. The van der Waals surface area contributed by atoms with Gasteiger partial charge in [0.15, 0.2) is 6.61 Å². The van der Waals surface area contributed by atoms with E-state index in [1.165, 1.54) is 0 Å². The standard InChI is InChI=1S/C25H22N2O4S/c28-23(26-15-14-24-27-21-8-4-5-9-22(21)32-24)17-31-25(29)19-12-10-18(11-13-19)16-30-20-6-2-1-3-7-20/h1-13H,14-17H2,(H,26,28). The molecule has 1 heterocycles. The fourth-order valence-corrected chi connectivity index (χ4v) is 3.99. The highest BCUT2D eigenvalue weighted by Crippen LogP contribution is 2.21. The van der Waals surface area contributed by atoms with Crippen molar-refractivity contribution in [3.63, 3.8) is 0 Å². The molecule has 0 aliphatic rings. The van der Waals surface area contributed by atoms with E-state index in [0.29, 0.717) is 25.1 Å². The summed E-state index contributed by atoms with van der Waals surface area (Å²) in [5, 5.41) is 3.72. The Kier molecular flexibility index (Phi) is 7.09. The normalized spacial score (nSPS) is 10.6. The van der Waals surface area contributed by atoms with Crippen molar-refractivity contribution in [3.05, 3.63) is 95.0 Å². The van der Waals surface area contributed by atoms with Crippen LogP contribution in [0.5, 0.6) is 5.75 Å². The fourth-order valence-electron chi connectivity index (χ4n) is 3.02. The molecule has 0 radical (unpaired) electrons. The fraction of sp³-hybridized carbons (Fsp3) is 0.160. The molecule has 7 heteroatoms. The average molecular weight is 447 g/mol. The van der Waals surface area contributed by atoms with Gasteiger partial charge in [-0.3, -0.25) is 4.79 Å². The number of thiazole rings is 1. The quantitative estimate of drug-likeness (QED) is 0.386. The molecule has 1 amide bonds. The van der Waals surface area contributed by atoms with Gasteiger partial charge in [0.25, 0.3) is 5.91 Å². The first-order valence-corrected chi connectivity index (χ1v) is 11.0. The summed E-state index contributed by atoms with van der Waals surface area (Å²) >= 11 is 1.61. The maximum absolute atomic E-state index is 12.2. The lowest BCUT2D eigenvalue weighted by Gasteiger charge is -2.08. The van der Waals surface area contributed by atoms with Gasteiger partial charge in [-0.05, 0) is 42.0 Å². The van der Waals surface area contributed by atoms with Crippen molar-refractivity contribution in [3.8, 4) is 5.75 Å². The van der Waals surface area contributed by atoms with Gasteiger partial charge < -0.3 is 14.8 Å². The van der Waals surface area contributed by atoms with Crippen LogP contribution in [0.15, 0.2) is 78.9 Å². The van der Waals surface area contributed by atoms with Crippen molar-refractivity contribution < 1.29 is 19.1 Å². The maximum Gasteiger partial charge on any atom is 0.338 e. The van der Waals surface area contributed by atoms with Crippen LogP contribution in [0.25, 0.3) is 10.2 Å². The summed E-state index contributed by atoms with van der Waals surface area (Å²) in [5.41, 5.74) is 2.28. The number of esters is 1. The van der Waals surface area contributed by atoms with Gasteiger partial charge in [-0.2, -0.15) is 0 Å². The lowest BCUT2D eigenvalue weighted by Crippen LogP contribution is -2.30. The molecule has 0 atom stereocenters. The molecular formula is C25H22N2O4S. The highest BCUT2D eigenvalue weighted by molar-refractivity contribution is 7.18. The molecule has 4 aromatic rings. The Morgan fingerprint density at radius 2 is 1.66 bits per heavy atom. The minimum absolute atomic E-state index is 0.322. The number of carbonyl (C=O) groups is 2. The predicted molar refractivity (Wildman–Crippen MR) is 124 cm³/mol. The van der Waals surface area contributed by atoms with Crippen LogP contribution in [0.1, 0.15) is 20.9 Å². The molecule has 1 aromatic heterocycles. The third kappa shape index (κ3) is 5.92. The summed E-state index contributed by atoms with van der Waals surface area (Å²) < 4.78 is 11.9. The monoisotopic (exact) mass is 446 g/mol. The Morgan fingerprint density at radius 3 is 2.44 bits per heavy atom. The number of hydrogen-bond donors (Lipinski definition) is 1. The van der Waals surface area contributed by atoms with Gasteiger partial charge in [-0.15, -0.1) is 11.3 Å². The molecule has 162 valence electrons. The van der Waals surface area contributed by atoms with Crippen LogP contribution in [0.2, 0.25) is 0 Å². The Labute approximate surface area is 189 Å². The van der Waals surface area contributed by atoms with Crippen LogP contribution >= 0.6 is 11.3 Å². The van der Waals surface area contributed by atoms with E-state index in [1.54, 1.807) is 35.6 Å². The second-order valence-electron chi connectivity index (χ2n) is 7.05. The minimum atomic E-state index is -0.540. The zero-order valence-corrected chi connectivity index (χ0v) is 18.1. The Bertz CT molecular complexity index is 1160. The molecular weight excluding hydrogens is 424 g/mol. The summed E-state index contributed by atoms with van der Waals surface area (Å²) in [5.74, 6) is -0.0978. The van der Waals surface area contributed by atoms with E-state index < -0.39 is 5.97 Å². The number of amides is 1. The highest BCUT2D eigenvalue weighted by atomic mass is 32.1. The Morgan fingerprint density at radius 1 is 0.906 bits per heavy atom. The van der Waals surface area contributed by atoms with Gasteiger partial charge in [0.05, 0.1) is 20.8 Å². The van der Waals surface area contributed by atoms with E-state index in [1.807, 2.05) is 54.6 Å². The summed E-state index contributed by atoms with van der Waals surface area (Å²) in [7, 11) is 0. The van der Waals surface area contributed by atoms with E-state index in [4.69, 9.17) is 9.47 Å². The van der Waals surface area contributed by atoms with E-state index in [-0.39, 0.29) is 12.5 Å². The second-order valence-corrected chi connectivity index (χ2v) is 8.17. The topological polar surface area (TPSA) is 77.5 Å². The molecule has 0 saturated carbocycles. The van der Waals surface area contributed by atoms with Crippen molar-refractivity contribution in [2.24, 2.45) is 0 Å². The molecule has 0 unspecified atom stereocenters. The first-order valence-electron chi connectivity index (χ1n) is 10.2. The lowest BCUT2D eigenvalue weighted by atomic mass is 10.1. The molecule has 3 aromatic carbocycles. The van der Waals surface area contributed by atoms with Crippen LogP contribution in [0.4, 0.5) is 0 Å². The van der Waals surface area contributed by atoms with Gasteiger partial charge >= 0.3 is 5.97 Å². The highest BCUT2D eigenvalue weighted by Gasteiger charge is 2.11. The van der Waals surface area contributed by atoms with Gasteiger partial charge in [0.2, 0.25) is 0 Å². The number of ether oxygens (including phenoxy) is 2. The number of hydrogen-bond acceptors (Lipinski definition) is 6. The molecule has 0 fully saturated rings. The summed E-state index contributed by atoms with van der Waals surface area (Å²) in [6.45, 7) is 0.514. The van der Waals surface area contributed by atoms with Crippen LogP contribution in [-0.2, 0) is 22.6 Å². The van der Waals surface area contributed by atoms with E-state index in [2.05, 4.69) is 10.3 Å². The number of para-hydroxylation sites is 2. The average Bonchev–Trinajstić information content (AvgIpc) is 3.25. The lowest BCUT2D eigenvalue weighted by molar-refractivity contribution is -0.124. The van der Waals surface area contributed by atoms with Gasteiger partial charge in [-0.1, -0.05) is 42.5 Å². The summed E-state index contributed by atoms with van der Waals surface area (Å²) in [4.78, 5) is 28.7. The number of aromatic nitrogens is 1. The number of carbonyl (C=O) groups excluding carboxylic acids is 2. The first-order chi connectivity index (χ1) is 15.7. The molecule has 0 saturated heterocycles. The molecule has 32 heavy (non-hydrogen) atoms. The Balaban J connectivity index is 1.17. The second kappa shape index (κ2) is 10.5. The largest absolute Gasteiger partial charge is 0.489 e. The van der Waals surface area contributed by atoms with E-state index in [9.17, 15) is 9.59 Å². The van der Waals surface area contributed by atoms with Crippen molar-refractivity contribution in [2.75, 3.05) is 13.2 Å². The third-order valence-corrected chi connectivity index (χ3v) is 5.77. The molecule has 0 aliphatic heterocycles. The number of nitrogens with zero attached hydrogens (tertiary/aromatic N) is 1. The Hall–Kier alpha value is -3.71. The number of benzene rings is 3. The van der Waals surface area contributed by atoms with Gasteiger partial charge in [0, 0.05) is 13.0 Å². The van der Waals surface area contributed by atoms with Crippen LogP contribution in [0.3, 0.4) is 0 Å². The third-order valence-electron chi connectivity index (χ3n) is 4.67. The minimum Gasteiger partial charge on any atom is -0.489 e. The first kappa shape index (κ1) is 21.5.